The van der Waals surface area contributed by atoms with Crippen LogP contribution >= 0.6 is 11.9 Å². The summed E-state index contributed by atoms with van der Waals surface area (Å²) in [6.07, 6.45) is 1.38. The SMILES string of the molecule is CCSNC(=O)N/N=C/c1ccccc1O. The Morgan fingerprint density at radius 3 is 3.00 bits per heavy atom. The van der Waals surface area contributed by atoms with Gasteiger partial charge in [0, 0.05) is 11.3 Å². The second-order valence-electron chi connectivity index (χ2n) is 2.79. The molecule has 0 aliphatic carbocycles. The third-order valence-corrected chi connectivity index (χ3v) is 2.23. The minimum atomic E-state index is -0.390. The van der Waals surface area contributed by atoms with Crippen molar-refractivity contribution in [2.24, 2.45) is 5.10 Å². The van der Waals surface area contributed by atoms with Crippen LogP contribution in [-0.4, -0.2) is 23.1 Å². The highest BCUT2D eigenvalue weighted by Crippen LogP contribution is 2.12. The van der Waals surface area contributed by atoms with Crippen molar-refractivity contribution in [3.63, 3.8) is 0 Å². The summed E-state index contributed by atoms with van der Waals surface area (Å²) in [5.41, 5.74) is 2.83. The highest BCUT2D eigenvalue weighted by molar-refractivity contribution is 7.97. The molecule has 0 fully saturated rings. The number of nitrogens with zero attached hydrogens (tertiary/aromatic N) is 1. The predicted molar refractivity (Wildman–Crippen MR) is 65.5 cm³/mol. The van der Waals surface area contributed by atoms with Gasteiger partial charge in [-0.25, -0.2) is 10.2 Å². The molecule has 3 N–H and O–H groups in total. The first-order chi connectivity index (χ1) is 7.74. The van der Waals surface area contributed by atoms with Crippen molar-refractivity contribution in [1.29, 1.82) is 0 Å². The van der Waals surface area contributed by atoms with E-state index in [0.29, 0.717) is 5.56 Å². The second kappa shape index (κ2) is 6.73. The van der Waals surface area contributed by atoms with E-state index >= 15 is 0 Å². The van der Waals surface area contributed by atoms with Gasteiger partial charge in [-0.2, -0.15) is 5.10 Å². The Balaban J connectivity index is 2.43. The van der Waals surface area contributed by atoms with Crippen molar-refractivity contribution in [1.82, 2.24) is 10.1 Å². The van der Waals surface area contributed by atoms with E-state index in [4.69, 9.17) is 0 Å². The summed E-state index contributed by atoms with van der Waals surface area (Å²) < 4.78 is 2.52. The van der Waals surface area contributed by atoms with Gasteiger partial charge in [0.15, 0.2) is 0 Å². The molecule has 1 rings (SSSR count). The number of hydrogen-bond acceptors (Lipinski definition) is 4. The van der Waals surface area contributed by atoms with Crippen molar-refractivity contribution < 1.29 is 9.90 Å². The first-order valence-corrected chi connectivity index (χ1v) is 5.71. The summed E-state index contributed by atoms with van der Waals surface area (Å²) in [7, 11) is 0. The molecule has 0 bridgehead atoms. The van der Waals surface area contributed by atoms with Gasteiger partial charge in [0.2, 0.25) is 0 Å². The summed E-state index contributed by atoms with van der Waals surface area (Å²) in [4.78, 5) is 11.1. The van der Waals surface area contributed by atoms with E-state index in [-0.39, 0.29) is 5.75 Å². The van der Waals surface area contributed by atoms with Crippen LogP contribution in [0.3, 0.4) is 0 Å². The predicted octanol–water partition coefficient (Wildman–Crippen LogP) is 1.69. The van der Waals surface area contributed by atoms with Crippen LogP contribution in [0, 0.1) is 0 Å². The summed E-state index contributed by atoms with van der Waals surface area (Å²) >= 11 is 1.28. The zero-order valence-electron chi connectivity index (χ0n) is 8.80. The molecule has 0 spiro atoms. The number of urea groups is 1. The van der Waals surface area contributed by atoms with Crippen LogP contribution in [0.4, 0.5) is 4.79 Å². The summed E-state index contributed by atoms with van der Waals surface area (Å²) in [6, 6.07) is 6.34. The third kappa shape index (κ3) is 4.22. The maximum atomic E-state index is 11.1. The lowest BCUT2D eigenvalue weighted by molar-refractivity contribution is 0.247. The van der Waals surface area contributed by atoms with E-state index in [1.54, 1.807) is 24.3 Å². The molecular formula is C10H13N3O2S. The lowest BCUT2D eigenvalue weighted by Gasteiger charge is -2.00. The van der Waals surface area contributed by atoms with Crippen molar-refractivity contribution in [3.05, 3.63) is 29.8 Å². The maximum absolute atomic E-state index is 11.1. The van der Waals surface area contributed by atoms with Gasteiger partial charge >= 0.3 is 6.03 Å². The number of carbonyl (C=O) groups excluding carboxylic acids is 1. The molecule has 2 amide bonds. The molecule has 0 atom stereocenters. The molecule has 0 saturated heterocycles. The molecule has 0 aromatic heterocycles. The minimum Gasteiger partial charge on any atom is -0.507 e. The molecule has 1 aromatic carbocycles. The lowest BCUT2D eigenvalue weighted by atomic mass is 10.2. The number of aromatic hydroxyl groups is 1. The molecule has 6 heteroatoms. The molecule has 0 saturated carbocycles. The topological polar surface area (TPSA) is 73.7 Å². The zero-order valence-corrected chi connectivity index (χ0v) is 9.62. The number of benzene rings is 1. The normalized spacial score (nSPS) is 10.3. The fourth-order valence-corrected chi connectivity index (χ4v) is 1.24. The van der Waals surface area contributed by atoms with E-state index in [1.807, 2.05) is 6.92 Å². The molecule has 16 heavy (non-hydrogen) atoms. The Labute approximate surface area is 98.1 Å². The molecule has 0 unspecified atom stereocenters. The largest absolute Gasteiger partial charge is 0.507 e. The van der Waals surface area contributed by atoms with E-state index in [9.17, 15) is 9.90 Å². The van der Waals surface area contributed by atoms with E-state index in [0.717, 1.165) is 5.75 Å². The van der Waals surface area contributed by atoms with Crippen molar-refractivity contribution in [2.45, 2.75) is 6.92 Å². The van der Waals surface area contributed by atoms with Crippen LogP contribution in [0.1, 0.15) is 12.5 Å². The van der Waals surface area contributed by atoms with Crippen LogP contribution in [0.15, 0.2) is 29.4 Å². The third-order valence-electron chi connectivity index (χ3n) is 1.62. The molecular weight excluding hydrogens is 226 g/mol. The van der Waals surface area contributed by atoms with Gasteiger partial charge in [-0.1, -0.05) is 19.1 Å². The number of hydrazone groups is 1. The molecule has 0 aliphatic rings. The Bertz CT molecular complexity index is 382. The van der Waals surface area contributed by atoms with Gasteiger partial charge in [-0.05, 0) is 24.1 Å². The highest BCUT2D eigenvalue weighted by Gasteiger charge is 1.97. The highest BCUT2D eigenvalue weighted by atomic mass is 32.2. The Morgan fingerprint density at radius 1 is 1.56 bits per heavy atom. The number of amides is 2. The maximum Gasteiger partial charge on any atom is 0.345 e. The Hall–Kier alpha value is -1.69. The van der Waals surface area contributed by atoms with Crippen LogP contribution in [0.25, 0.3) is 0 Å². The van der Waals surface area contributed by atoms with Crippen molar-refractivity contribution in [3.8, 4) is 5.75 Å². The van der Waals surface area contributed by atoms with Gasteiger partial charge in [0.25, 0.3) is 0 Å². The molecule has 86 valence electrons. The fraction of sp³-hybridized carbons (Fsp3) is 0.200. The van der Waals surface area contributed by atoms with Crippen LogP contribution < -0.4 is 10.1 Å². The molecule has 0 aliphatic heterocycles. The molecule has 5 nitrogen and oxygen atoms in total. The van der Waals surface area contributed by atoms with Gasteiger partial charge in [0.1, 0.15) is 5.75 Å². The standard InChI is InChI=1S/C10H13N3O2S/c1-2-16-13-10(15)12-11-7-8-5-3-4-6-9(8)14/h3-7,14H,2H2,1H3,(H2,12,13,15)/b11-7+. The number of nitrogens with one attached hydrogen (secondary N) is 2. The van der Waals surface area contributed by atoms with Crippen LogP contribution in [-0.2, 0) is 0 Å². The lowest BCUT2D eigenvalue weighted by Crippen LogP contribution is -2.27. The average Bonchev–Trinajstić information content (AvgIpc) is 2.29. The number of para-hydroxylation sites is 1. The Kier molecular flexibility index (Phi) is 5.21. The fourth-order valence-electron chi connectivity index (χ4n) is 0.918. The monoisotopic (exact) mass is 239 g/mol. The number of carbonyl (C=O) groups is 1. The summed E-state index contributed by atoms with van der Waals surface area (Å²) in [6.45, 7) is 1.93. The zero-order chi connectivity index (χ0) is 11.8. The average molecular weight is 239 g/mol. The van der Waals surface area contributed by atoms with Gasteiger partial charge in [-0.3, -0.25) is 4.72 Å². The minimum absolute atomic E-state index is 0.122. The molecule has 1 aromatic rings. The number of phenolic OH excluding ortho intramolecular Hbond substituents is 1. The summed E-state index contributed by atoms with van der Waals surface area (Å²) in [5, 5.41) is 13.1. The van der Waals surface area contributed by atoms with Crippen LogP contribution in [0.5, 0.6) is 5.75 Å². The first kappa shape index (κ1) is 12.4. The smallest absolute Gasteiger partial charge is 0.345 e. The first-order valence-electron chi connectivity index (χ1n) is 4.73. The van der Waals surface area contributed by atoms with E-state index in [2.05, 4.69) is 15.2 Å². The van der Waals surface area contributed by atoms with Crippen LogP contribution in [0.2, 0.25) is 0 Å². The van der Waals surface area contributed by atoms with E-state index in [1.165, 1.54) is 18.2 Å². The molecule has 0 heterocycles. The second-order valence-corrected chi connectivity index (χ2v) is 3.86. The van der Waals surface area contributed by atoms with Gasteiger partial charge in [-0.15, -0.1) is 0 Å². The molecule has 0 radical (unpaired) electrons. The van der Waals surface area contributed by atoms with Crippen molar-refractivity contribution in [2.75, 3.05) is 5.75 Å². The van der Waals surface area contributed by atoms with Gasteiger partial charge in [0.05, 0.1) is 6.21 Å². The van der Waals surface area contributed by atoms with Crippen molar-refractivity contribution >= 4 is 24.2 Å². The van der Waals surface area contributed by atoms with Gasteiger partial charge < -0.3 is 5.11 Å². The number of phenols is 1. The Morgan fingerprint density at radius 2 is 2.31 bits per heavy atom. The van der Waals surface area contributed by atoms with E-state index < -0.39 is 6.03 Å². The quantitative estimate of drug-likeness (QED) is 0.425. The number of hydrogen-bond donors (Lipinski definition) is 3. The summed E-state index contributed by atoms with van der Waals surface area (Å²) in [5.74, 6) is 0.910. The number of rotatable bonds is 4.